The van der Waals surface area contributed by atoms with Gasteiger partial charge in [-0.05, 0) is 122 Å². The number of imidazole rings is 1. The maximum atomic E-state index is 14.0. The summed E-state index contributed by atoms with van der Waals surface area (Å²) in [5.41, 5.74) is 2.96. The van der Waals surface area contributed by atoms with E-state index in [1.807, 2.05) is 24.4 Å². The molecular formula is C36H51N3O. The monoisotopic (exact) mass is 541 g/mol. The third-order valence-corrected chi connectivity index (χ3v) is 14.1. The van der Waals surface area contributed by atoms with Crippen LogP contribution >= 0.6 is 0 Å². The van der Waals surface area contributed by atoms with Crippen molar-refractivity contribution in [3.8, 4) is 11.3 Å². The molecular weight excluding hydrogens is 490 g/mol. The van der Waals surface area contributed by atoms with Crippen molar-refractivity contribution in [2.75, 3.05) is 0 Å². The van der Waals surface area contributed by atoms with Crippen molar-refractivity contribution >= 4 is 5.91 Å². The van der Waals surface area contributed by atoms with Crippen LogP contribution in [-0.2, 0) is 11.3 Å². The second-order valence-electron chi connectivity index (χ2n) is 15.4. The number of carbonyl (C=O) groups is 1. The van der Waals surface area contributed by atoms with Gasteiger partial charge in [0.05, 0.1) is 23.9 Å². The first kappa shape index (κ1) is 26.8. The summed E-state index contributed by atoms with van der Waals surface area (Å²) in [7, 11) is 0. The summed E-state index contributed by atoms with van der Waals surface area (Å²) in [5.74, 6) is 6.80. The first-order valence-electron chi connectivity index (χ1n) is 16.6. The molecule has 1 heterocycles. The summed E-state index contributed by atoms with van der Waals surface area (Å²) < 4.78 is 0. The van der Waals surface area contributed by atoms with Gasteiger partial charge < -0.3 is 10.3 Å². The number of benzene rings is 1. The van der Waals surface area contributed by atoms with Crippen LogP contribution in [0.3, 0.4) is 0 Å². The Hall–Kier alpha value is -2.10. The zero-order chi connectivity index (χ0) is 27.7. The third kappa shape index (κ3) is 3.90. The van der Waals surface area contributed by atoms with E-state index in [1.54, 1.807) is 0 Å². The molecule has 7 rings (SSSR count). The average molecular weight is 542 g/mol. The molecule has 2 N–H and O–H groups in total. The van der Waals surface area contributed by atoms with Gasteiger partial charge in [-0.2, -0.15) is 0 Å². The molecule has 4 nitrogen and oxygen atoms in total. The highest BCUT2D eigenvalue weighted by Gasteiger charge is 2.65. The molecule has 1 amide bonds. The minimum absolute atomic E-state index is 0.158. The van der Waals surface area contributed by atoms with Crippen molar-refractivity contribution in [3.63, 3.8) is 0 Å². The average Bonchev–Trinajstić information content (AvgIpc) is 3.63. The Morgan fingerprint density at radius 3 is 2.48 bits per heavy atom. The summed E-state index contributed by atoms with van der Waals surface area (Å²) in [6, 6.07) is 10.3. The third-order valence-electron chi connectivity index (χ3n) is 14.1. The number of rotatable bonds is 4. The Balaban J connectivity index is 1.07. The van der Waals surface area contributed by atoms with Gasteiger partial charge in [-0.3, -0.25) is 4.79 Å². The van der Waals surface area contributed by atoms with Crippen molar-refractivity contribution in [1.82, 2.24) is 15.3 Å². The zero-order valence-corrected chi connectivity index (χ0v) is 25.3. The highest BCUT2D eigenvalue weighted by molar-refractivity contribution is 5.83. The number of aromatic nitrogens is 2. The Bertz CT molecular complexity index is 1240. The van der Waals surface area contributed by atoms with E-state index >= 15 is 0 Å². The smallest absolute Gasteiger partial charge is 0.226 e. The van der Waals surface area contributed by atoms with Gasteiger partial charge in [0.1, 0.15) is 5.82 Å². The fourth-order valence-electron chi connectivity index (χ4n) is 12.0. The van der Waals surface area contributed by atoms with Gasteiger partial charge in [-0.15, -0.1) is 0 Å². The molecule has 4 heteroatoms. The molecule has 0 radical (unpaired) electrons. The van der Waals surface area contributed by atoms with E-state index in [0.29, 0.717) is 29.2 Å². The van der Waals surface area contributed by atoms with Crippen molar-refractivity contribution in [2.45, 2.75) is 105 Å². The molecule has 2 aromatic rings. The topological polar surface area (TPSA) is 57.8 Å². The van der Waals surface area contributed by atoms with E-state index in [-0.39, 0.29) is 5.41 Å². The molecule has 5 aliphatic carbocycles. The molecule has 10 atom stereocenters. The molecule has 40 heavy (non-hydrogen) atoms. The Kier molecular flexibility index (Phi) is 6.52. The van der Waals surface area contributed by atoms with E-state index in [1.165, 1.54) is 57.8 Å². The van der Waals surface area contributed by atoms with Crippen LogP contribution in [0.4, 0.5) is 0 Å². The molecule has 216 valence electrons. The van der Waals surface area contributed by atoms with Crippen LogP contribution in [-0.4, -0.2) is 15.9 Å². The lowest BCUT2D eigenvalue weighted by atomic mass is 9.37. The standard InChI is InChI=1S/C36H51N3O/c1-23-14-18-34(3)27(24(23)2)15-19-35(4)28-16-20-36(17-8-11-29(36)26(28)12-13-31(34)35)33(40)38-22-32-37-21-30(39-32)25-9-6-5-7-10-25/h5-7,9-10,21,23-24,26-29,31H,8,11-20,22H2,1-4H3,(H,37,39)(H,38,40)/t23?,24?,26?,27?,28?,29-,31?,34?,35?,36?/m1/s1. The van der Waals surface area contributed by atoms with Gasteiger partial charge in [0.15, 0.2) is 0 Å². The first-order chi connectivity index (χ1) is 19.3. The molecule has 1 aromatic carbocycles. The summed E-state index contributed by atoms with van der Waals surface area (Å²) in [6.45, 7) is 11.0. The molecule has 1 aromatic heterocycles. The molecule has 0 bridgehead atoms. The quantitative estimate of drug-likeness (QED) is 0.408. The number of fused-ring (bicyclic) bond motifs is 7. The van der Waals surface area contributed by atoms with Crippen molar-refractivity contribution in [3.05, 3.63) is 42.4 Å². The van der Waals surface area contributed by atoms with Gasteiger partial charge >= 0.3 is 0 Å². The molecule has 5 fully saturated rings. The lowest BCUT2D eigenvalue weighted by Gasteiger charge is -2.67. The number of aromatic amines is 1. The fourth-order valence-corrected chi connectivity index (χ4v) is 12.0. The van der Waals surface area contributed by atoms with E-state index in [9.17, 15) is 4.79 Å². The van der Waals surface area contributed by atoms with E-state index in [4.69, 9.17) is 0 Å². The molecule has 0 spiro atoms. The van der Waals surface area contributed by atoms with E-state index in [2.05, 4.69) is 55.1 Å². The zero-order valence-electron chi connectivity index (χ0n) is 25.3. The van der Waals surface area contributed by atoms with Crippen LogP contribution in [0.5, 0.6) is 0 Å². The summed E-state index contributed by atoms with van der Waals surface area (Å²) in [4.78, 5) is 22.1. The number of H-pyrrole nitrogens is 1. The maximum Gasteiger partial charge on any atom is 0.226 e. The molecule has 0 saturated heterocycles. The molecule has 0 aliphatic heterocycles. The largest absolute Gasteiger partial charge is 0.348 e. The highest BCUT2D eigenvalue weighted by atomic mass is 16.2. The normalized spacial score (nSPS) is 44.1. The Morgan fingerprint density at radius 2 is 1.65 bits per heavy atom. The predicted octanol–water partition coefficient (Wildman–Crippen LogP) is 8.40. The van der Waals surface area contributed by atoms with Crippen LogP contribution < -0.4 is 5.32 Å². The second kappa shape index (κ2) is 9.73. The lowest BCUT2D eigenvalue weighted by Crippen LogP contribution is -2.61. The number of carbonyl (C=O) groups excluding carboxylic acids is 1. The van der Waals surface area contributed by atoms with Crippen LogP contribution in [0.2, 0.25) is 0 Å². The minimum Gasteiger partial charge on any atom is -0.348 e. The number of nitrogens with zero attached hydrogens (tertiary/aromatic N) is 1. The van der Waals surface area contributed by atoms with Gasteiger partial charge in [-0.25, -0.2) is 4.98 Å². The lowest BCUT2D eigenvalue weighted by molar-refractivity contribution is -0.190. The number of hydrogen-bond acceptors (Lipinski definition) is 2. The number of hydrogen-bond donors (Lipinski definition) is 2. The Morgan fingerprint density at radius 1 is 0.900 bits per heavy atom. The molecule has 5 aliphatic rings. The summed E-state index contributed by atoms with van der Waals surface area (Å²) >= 11 is 0. The van der Waals surface area contributed by atoms with Crippen LogP contribution in [0.15, 0.2) is 36.5 Å². The van der Waals surface area contributed by atoms with Crippen molar-refractivity contribution < 1.29 is 4.79 Å². The minimum atomic E-state index is -0.158. The predicted molar refractivity (Wildman–Crippen MR) is 161 cm³/mol. The first-order valence-corrected chi connectivity index (χ1v) is 16.6. The van der Waals surface area contributed by atoms with E-state index < -0.39 is 0 Å². The van der Waals surface area contributed by atoms with Gasteiger partial charge in [0.2, 0.25) is 5.91 Å². The van der Waals surface area contributed by atoms with Crippen LogP contribution in [0, 0.1) is 57.7 Å². The van der Waals surface area contributed by atoms with Crippen molar-refractivity contribution in [2.24, 2.45) is 57.7 Å². The second-order valence-corrected chi connectivity index (χ2v) is 15.4. The van der Waals surface area contributed by atoms with Crippen molar-refractivity contribution in [1.29, 1.82) is 0 Å². The van der Waals surface area contributed by atoms with Gasteiger partial charge in [-0.1, -0.05) is 64.4 Å². The van der Waals surface area contributed by atoms with E-state index in [0.717, 1.165) is 65.4 Å². The number of nitrogens with one attached hydrogen (secondary N) is 2. The Labute approximate surface area is 241 Å². The number of amides is 1. The molecule has 5 saturated carbocycles. The van der Waals surface area contributed by atoms with Gasteiger partial charge in [0, 0.05) is 0 Å². The van der Waals surface area contributed by atoms with Crippen LogP contribution in [0.1, 0.15) is 104 Å². The maximum absolute atomic E-state index is 14.0. The summed E-state index contributed by atoms with van der Waals surface area (Å²) in [5, 5.41) is 3.38. The summed E-state index contributed by atoms with van der Waals surface area (Å²) in [6.07, 6.45) is 16.3. The molecule has 9 unspecified atom stereocenters. The fraction of sp³-hybridized carbons (Fsp3) is 0.722. The SMILES string of the molecule is CC1CCC2(C)C(CCC3(C)C4CCC5(C(=O)NCc6ncc(-c7ccccc7)[nH]6)CCC[C@@H]5C4CCC23)C1C. The van der Waals surface area contributed by atoms with Crippen LogP contribution in [0.25, 0.3) is 11.3 Å². The highest BCUT2D eigenvalue weighted by Crippen LogP contribution is 2.72. The van der Waals surface area contributed by atoms with Gasteiger partial charge in [0.25, 0.3) is 0 Å².